The van der Waals surface area contributed by atoms with Gasteiger partial charge in [-0.3, -0.25) is 4.79 Å². The van der Waals surface area contributed by atoms with Gasteiger partial charge < -0.3 is 4.90 Å². The molecule has 2 aromatic rings. The summed E-state index contributed by atoms with van der Waals surface area (Å²) in [6, 6.07) is 7.56. The Morgan fingerprint density at radius 2 is 2.15 bits per heavy atom. The lowest BCUT2D eigenvalue weighted by atomic mass is 10.1. The van der Waals surface area contributed by atoms with Crippen LogP contribution in [0.2, 0.25) is 0 Å². The second kappa shape index (κ2) is 7.11. The average molecular weight is 353 g/mol. The van der Waals surface area contributed by atoms with Crippen molar-refractivity contribution >= 4 is 33.0 Å². The average Bonchev–Trinajstić information content (AvgIpc) is 2.82. The van der Waals surface area contributed by atoms with Crippen molar-refractivity contribution in [1.82, 2.24) is 9.88 Å². The van der Waals surface area contributed by atoms with Gasteiger partial charge in [-0.1, -0.05) is 34.1 Å². The largest absolute Gasteiger partial charge is 0.300 e. The van der Waals surface area contributed by atoms with Gasteiger partial charge in [0.25, 0.3) is 0 Å². The maximum atomic E-state index is 12.2. The molecule has 0 unspecified atom stereocenters. The Labute approximate surface area is 131 Å². The highest BCUT2D eigenvalue weighted by atomic mass is 79.9. The van der Waals surface area contributed by atoms with Crippen molar-refractivity contribution < 1.29 is 4.79 Å². The van der Waals surface area contributed by atoms with Gasteiger partial charge in [-0.2, -0.15) is 0 Å². The highest BCUT2D eigenvalue weighted by Crippen LogP contribution is 2.18. The third-order valence-corrected chi connectivity index (χ3v) is 4.51. The smallest absolute Gasteiger partial charge is 0.165 e. The van der Waals surface area contributed by atoms with E-state index in [0.717, 1.165) is 33.8 Å². The highest BCUT2D eigenvalue weighted by Gasteiger charge is 2.11. The Kier molecular flexibility index (Phi) is 5.46. The van der Waals surface area contributed by atoms with Gasteiger partial charge in [0.05, 0.1) is 10.7 Å². The summed E-state index contributed by atoms with van der Waals surface area (Å²) in [6.45, 7) is 3.52. The third-order valence-electron chi connectivity index (χ3n) is 2.99. The molecule has 0 saturated carbocycles. The SMILES string of the molecule is Cc1nc(CN(C)CCC(=O)c2ccccc2Br)cs1. The van der Waals surface area contributed by atoms with Crippen molar-refractivity contribution in [3.63, 3.8) is 0 Å². The number of aryl methyl sites for hydroxylation is 1. The Bertz CT molecular complexity index is 597. The van der Waals surface area contributed by atoms with Gasteiger partial charge in [0, 0.05) is 34.9 Å². The van der Waals surface area contributed by atoms with Crippen LogP contribution in [0.25, 0.3) is 0 Å². The molecular weight excluding hydrogens is 336 g/mol. The normalized spacial score (nSPS) is 11.0. The second-order valence-corrected chi connectivity index (χ2v) is 6.67. The summed E-state index contributed by atoms with van der Waals surface area (Å²) in [5, 5.41) is 3.15. The first kappa shape index (κ1) is 15.4. The summed E-state index contributed by atoms with van der Waals surface area (Å²) in [5.41, 5.74) is 1.83. The lowest BCUT2D eigenvalue weighted by Gasteiger charge is -2.14. The summed E-state index contributed by atoms with van der Waals surface area (Å²) in [4.78, 5) is 18.7. The monoisotopic (exact) mass is 352 g/mol. The zero-order valence-corrected chi connectivity index (χ0v) is 14.0. The summed E-state index contributed by atoms with van der Waals surface area (Å²) in [5.74, 6) is 0.166. The Morgan fingerprint density at radius 3 is 2.80 bits per heavy atom. The third kappa shape index (κ3) is 4.23. The molecule has 0 bridgehead atoms. The molecule has 0 amide bonds. The van der Waals surface area contributed by atoms with Crippen LogP contribution in [0.3, 0.4) is 0 Å². The zero-order valence-electron chi connectivity index (χ0n) is 11.6. The van der Waals surface area contributed by atoms with Crippen LogP contribution in [0.5, 0.6) is 0 Å². The van der Waals surface area contributed by atoms with Crippen LogP contribution < -0.4 is 0 Å². The van der Waals surface area contributed by atoms with Gasteiger partial charge in [0.1, 0.15) is 0 Å². The van der Waals surface area contributed by atoms with E-state index in [1.54, 1.807) is 11.3 Å². The van der Waals surface area contributed by atoms with Crippen molar-refractivity contribution in [2.24, 2.45) is 0 Å². The van der Waals surface area contributed by atoms with Crippen LogP contribution in [-0.2, 0) is 6.54 Å². The zero-order chi connectivity index (χ0) is 14.5. The van der Waals surface area contributed by atoms with Gasteiger partial charge in [-0.15, -0.1) is 11.3 Å². The lowest BCUT2D eigenvalue weighted by molar-refractivity contribution is 0.0967. The lowest BCUT2D eigenvalue weighted by Crippen LogP contribution is -2.21. The predicted molar refractivity (Wildman–Crippen MR) is 86.3 cm³/mol. The van der Waals surface area contributed by atoms with Gasteiger partial charge in [-0.05, 0) is 20.0 Å². The number of rotatable bonds is 6. The molecule has 1 aromatic heterocycles. The summed E-state index contributed by atoms with van der Waals surface area (Å²) < 4.78 is 0.864. The minimum absolute atomic E-state index is 0.166. The number of benzene rings is 1. The van der Waals surface area contributed by atoms with Crippen LogP contribution >= 0.6 is 27.3 Å². The fraction of sp³-hybridized carbons (Fsp3) is 0.333. The number of carbonyl (C=O) groups excluding carboxylic acids is 1. The van der Waals surface area contributed by atoms with Crippen molar-refractivity contribution in [1.29, 1.82) is 0 Å². The fourth-order valence-corrected chi connectivity index (χ4v) is 3.06. The highest BCUT2D eigenvalue weighted by molar-refractivity contribution is 9.10. The maximum absolute atomic E-state index is 12.2. The molecule has 3 nitrogen and oxygen atoms in total. The molecule has 5 heteroatoms. The molecular formula is C15H17BrN2OS. The predicted octanol–water partition coefficient (Wildman–Crippen LogP) is 3.92. The summed E-state index contributed by atoms with van der Waals surface area (Å²) in [6.07, 6.45) is 0.516. The molecule has 0 radical (unpaired) electrons. The molecule has 0 saturated heterocycles. The molecule has 0 atom stereocenters. The van der Waals surface area contributed by atoms with Crippen molar-refractivity contribution in [2.75, 3.05) is 13.6 Å². The topological polar surface area (TPSA) is 33.2 Å². The number of hydrogen-bond acceptors (Lipinski definition) is 4. The van der Waals surface area contributed by atoms with E-state index in [4.69, 9.17) is 0 Å². The maximum Gasteiger partial charge on any atom is 0.165 e. The van der Waals surface area contributed by atoms with E-state index < -0.39 is 0 Å². The fourth-order valence-electron chi connectivity index (χ4n) is 1.95. The molecule has 1 heterocycles. The van der Waals surface area contributed by atoms with Gasteiger partial charge in [0.2, 0.25) is 0 Å². The minimum atomic E-state index is 0.166. The Hall–Kier alpha value is -1.04. The van der Waals surface area contributed by atoms with Gasteiger partial charge in [-0.25, -0.2) is 4.98 Å². The number of halogens is 1. The number of ketones is 1. The quantitative estimate of drug-likeness (QED) is 0.738. The van der Waals surface area contributed by atoms with E-state index in [-0.39, 0.29) is 5.78 Å². The second-order valence-electron chi connectivity index (χ2n) is 4.75. The molecule has 0 aliphatic heterocycles. The standard InChI is InChI=1S/C15H17BrN2OS/c1-11-17-12(10-20-11)9-18(2)8-7-15(19)13-5-3-4-6-14(13)16/h3-6,10H,7-9H2,1-2H3. The molecule has 0 spiro atoms. The molecule has 106 valence electrons. The number of hydrogen-bond donors (Lipinski definition) is 0. The van der Waals surface area contributed by atoms with Crippen molar-refractivity contribution in [3.05, 3.63) is 50.4 Å². The molecule has 0 aliphatic rings. The first-order valence-corrected chi connectivity index (χ1v) is 8.11. The molecule has 2 rings (SSSR count). The summed E-state index contributed by atoms with van der Waals surface area (Å²) in [7, 11) is 2.02. The van der Waals surface area contributed by atoms with Crippen LogP contribution in [0.15, 0.2) is 34.1 Å². The van der Waals surface area contributed by atoms with Crippen LogP contribution in [-0.4, -0.2) is 29.3 Å². The summed E-state index contributed by atoms with van der Waals surface area (Å²) >= 11 is 5.08. The molecule has 0 N–H and O–H groups in total. The first-order chi connectivity index (χ1) is 9.56. The van der Waals surface area contributed by atoms with Crippen LogP contribution in [0.4, 0.5) is 0 Å². The van der Waals surface area contributed by atoms with Crippen molar-refractivity contribution in [3.8, 4) is 0 Å². The molecule has 0 aliphatic carbocycles. The van der Waals surface area contributed by atoms with E-state index >= 15 is 0 Å². The molecule has 1 aromatic carbocycles. The number of Topliss-reactive ketones (excluding diaryl/α,β-unsaturated/α-hetero) is 1. The van der Waals surface area contributed by atoms with Gasteiger partial charge >= 0.3 is 0 Å². The van der Waals surface area contributed by atoms with Crippen LogP contribution in [0.1, 0.15) is 27.5 Å². The van der Waals surface area contributed by atoms with E-state index in [0.29, 0.717) is 6.42 Å². The molecule has 20 heavy (non-hydrogen) atoms. The number of nitrogens with zero attached hydrogens (tertiary/aromatic N) is 2. The van der Waals surface area contributed by atoms with E-state index in [1.807, 2.05) is 38.2 Å². The Balaban J connectivity index is 1.85. The molecule has 0 fully saturated rings. The van der Waals surface area contributed by atoms with Crippen molar-refractivity contribution in [2.45, 2.75) is 19.9 Å². The van der Waals surface area contributed by atoms with E-state index in [1.165, 1.54) is 0 Å². The number of carbonyl (C=O) groups is 1. The van der Waals surface area contributed by atoms with Crippen LogP contribution in [0, 0.1) is 6.92 Å². The van der Waals surface area contributed by atoms with E-state index in [9.17, 15) is 4.79 Å². The minimum Gasteiger partial charge on any atom is -0.300 e. The number of aromatic nitrogens is 1. The van der Waals surface area contributed by atoms with Gasteiger partial charge in [0.15, 0.2) is 5.78 Å². The number of thiazole rings is 1. The Morgan fingerprint density at radius 1 is 1.40 bits per heavy atom. The first-order valence-electron chi connectivity index (χ1n) is 6.43. The van der Waals surface area contributed by atoms with E-state index in [2.05, 4.69) is 31.2 Å².